The van der Waals surface area contributed by atoms with Gasteiger partial charge in [0.25, 0.3) is 0 Å². The van der Waals surface area contributed by atoms with Gasteiger partial charge in [0.2, 0.25) is 10.0 Å². The summed E-state index contributed by atoms with van der Waals surface area (Å²) in [6, 6.07) is 15.6. The summed E-state index contributed by atoms with van der Waals surface area (Å²) in [6.07, 6.45) is 1.40. The first kappa shape index (κ1) is 17.8. The molecule has 0 bridgehead atoms. The molecule has 0 saturated heterocycles. The van der Waals surface area contributed by atoms with Crippen LogP contribution in [0, 0.1) is 0 Å². The molecule has 1 N–H and O–H groups in total. The van der Waals surface area contributed by atoms with E-state index in [2.05, 4.69) is 14.7 Å². The van der Waals surface area contributed by atoms with E-state index in [1.807, 2.05) is 30.3 Å². The average molecular weight is 394 g/mol. The lowest BCUT2D eigenvalue weighted by molar-refractivity contribution is 0.580. The minimum atomic E-state index is -3.82. The predicted molar refractivity (Wildman–Crippen MR) is 98.0 cm³/mol. The molecule has 0 unspecified atom stereocenters. The largest absolute Gasteiger partial charge is 0.242 e. The lowest BCUT2D eigenvalue weighted by atomic mass is 10.1. The molecule has 5 nitrogen and oxygen atoms in total. The molecule has 3 rings (SSSR count). The standard InChI is InChI=1S/C17H13Cl2N3O2S/c18-13-6-7-15(19)17(8-13)25(23,24)22-10-14-9-16(21-11-20-14)12-4-2-1-3-5-12/h1-9,11,22H,10H2. The second kappa shape index (κ2) is 7.49. The highest BCUT2D eigenvalue weighted by atomic mass is 35.5. The zero-order valence-electron chi connectivity index (χ0n) is 12.9. The van der Waals surface area contributed by atoms with E-state index in [9.17, 15) is 8.42 Å². The maximum Gasteiger partial charge on any atom is 0.242 e. The van der Waals surface area contributed by atoms with E-state index >= 15 is 0 Å². The molecule has 0 aliphatic carbocycles. The van der Waals surface area contributed by atoms with E-state index in [-0.39, 0.29) is 21.5 Å². The molecule has 8 heteroatoms. The Morgan fingerprint density at radius 1 is 0.960 bits per heavy atom. The van der Waals surface area contributed by atoms with Crippen LogP contribution in [0.3, 0.4) is 0 Å². The zero-order chi connectivity index (χ0) is 17.9. The van der Waals surface area contributed by atoms with Gasteiger partial charge in [-0.2, -0.15) is 0 Å². The van der Waals surface area contributed by atoms with Crippen molar-refractivity contribution in [3.05, 3.63) is 76.7 Å². The number of sulfonamides is 1. The van der Waals surface area contributed by atoms with Crippen molar-refractivity contribution in [1.82, 2.24) is 14.7 Å². The monoisotopic (exact) mass is 393 g/mol. The topological polar surface area (TPSA) is 72.0 Å². The third-order valence-electron chi connectivity index (χ3n) is 3.42. The summed E-state index contributed by atoms with van der Waals surface area (Å²) in [4.78, 5) is 8.25. The van der Waals surface area contributed by atoms with Crippen molar-refractivity contribution in [1.29, 1.82) is 0 Å². The molecule has 0 spiro atoms. The number of benzene rings is 2. The summed E-state index contributed by atoms with van der Waals surface area (Å²) < 4.78 is 27.3. The van der Waals surface area contributed by atoms with Crippen molar-refractivity contribution in [2.24, 2.45) is 0 Å². The van der Waals surface area contributed by atoms with Crippen molar-refractivity contribution in [2.75, 3.05) is 0 Å². The minimum Gasteiger partial charge on any atom is -0.240 e. The van der Waals surface area contributed by atoms with Crippen LogP contribution >= 0.6 is 23.2 Å². The summed E-state index contributed by atoms with van der Waals surface area (Å²) in [5.74, 6) is 0. The molecule has 2 aromatic carbocycles. The fourth-order valence-corrected chi connectivity index (χ4v) is 3.95. The van der Waals surface area contributed by atoms with Gasteiger partial charge in [-0.3, -0.25) is 0 Å². The second-order valence-corrected chi connectivity index (χ2v) is 7.74. The smallest absolute Gasteiger partial charge is 0.240 e. The Morgan fingerprint density at radius 3 is 2.48 bits per heavy atom. The Hall–Kier alpha value is -1.99. The fourth-order valence-electron chi connectivity index (χ4n) is 2.19. The Balaban J connectivity index is 1.81. The molecule has 0 aliphatic heterocycles. The molecule has 0 radical (unpaired) electrons. The van der Waals surface area contributed by atoms with Gasteiger partial charge < -0.3 is 0 Å². The predicted octanol–water partition coefficient (Wildman–Crippen LogP) is 3.93. The molecule has 1 aromatic heterocycles. The van der Waals surface area contributed by atoms with E-state index in [1.165, 1.54) is 24.5 Å². The number of nitrogens with zero attached hydrogens (tertiary/aromatic N) is 2. The summed E-state index contributed by atoms with van der Waals surface area (Å²) >= 11 is 11.8. The van der Waals surface area contributed by atoms with Gasteiger partial charge in [-0.25, -0.2) is 23.1 Å². The van der Waals surface area contributed by atoms with E-state index < -0.39 is 10.0 Å². The molecule has 0 amide bonds. The van der Waals surface area contributed by atoms with Crippen molar-refractivity contribution in [3.8, 4) is 11.3 Å². The molecule has 0 saturated carbocycles. The highest BCUT2D eigenvalue weighted by Crippen LogP contribution is 2.25. The lowest BCUT2D eigenvalue weighted by Crippen LogP contribution is -2.24. The van der Waals surface area contributed by atoms with Gasteiger partial charge >= 0.3 is 0 Å². The number of halogens is 2. The Kier molecular flexibility index (Phi) is 5.34. The number of aromatic nitrogens is 2. The minimum absolute atomic E-state index is 0.00747. The fraction of sp³-hybridized carbons (Fsp3) is 0.0588. The summed E-state index contributed by atoms with van der Waals surface area (Å²) in [5, 5.41) is 0.391. The van der Waals surface area contributed by atoms with E-state index in [4.69, 9.17) is 23.2 Å². The van der Waals surface area contributed by atoms with Crippen LogP contribution in [0.25, 0.3) is 11.3 Å². The number of rotatable bonds is 5. The van der Waals surface area contributed by atoms with Crippen LogP contribution < -0.4 is 4.72 Å². The molecule has 3 aromatic rings. The van der Waals surface area contributed by atoms with Crippen LogP contribution in [-0.4, -0.2) is 18.4 Å². The molecule has 0 aliphatic rings. The first-order valence-corrected chi connectivity index (χ1v) is 9.51. The second-order valence-electron chi connectivity index (χ2n) is 5.16. The van der Waals surface area contributed by atoms with Gasteiger partial charge in [0.05, 0.1) is 23.0 Å². The van der Waals surface area contributed by atoms with Crippen molar-refractivity contribution >= 4 is 33.2 Å². The first-order valence-electron chi connectivity index (χ1n) is 7.27. The van der Waals surface area contributed by atoms with Crippen molar-refractivity contribution in [3.63, 3.8) is 0 Å². The van der Waals surface area contributed by atoms with Crippen LogP contribution in [0.5, 0.6) is 0 Å². The molecule has 25 heavy (non-hydrogen) atoms. The maximum absolute atomic E-state index is 12.4. The van der Waals surface area contributed by atoms with Crippen LogP contribution in [0.1, 0.15) is 5.69 Å². The first-order chi connectivity index (χ1) is 12.0. The molecule has 0 fully saturated rings. The average Bonchev–Trinajstić information content (AvgIpc) is 2.63. The Labute approximate surface area is 155 Å². The highest BCUT2D eigenvalue weighted by Gasteiger charge is 2.18. The normalized spacial score (nSPS) is 11.4. The Bertz CT molecular complexity index is 996. The van der Waals surface area contributed by atoms with E-state index in [1.54, 1.807) is 6.07 Å². The summed E-state index contributed by atoms with van der Waals surface area (Å²) in [6.45, 7) is 0.00747. The quantitative estimate of drug-likeness (QED) is 0.712. The molecule has 1 heterocycles. The number of hydrogen-bond acceptors (Lipinski definition) is 4. The van der Waals surface area contributed by atoms with Gasteiger partial charge in [-0.15, -0.1) is 0 Å². The van der Waals surface area contributed by atoms with Gasteiger partial charge in [0.15, 0.2) is 0 Å². The number of hydrogen-bond donors (Lipinski definition) is 1. The van der Waals surface area contributed by atoms with Gasteiger partial charge in [0.1, 0.15) is 11.2 Å². The number of nitrogens with one attached hydrogen (secondary N) is 1. The zero-order valence-corrected chi connectivity index (χ0v) is 15.2. The molecule has 0 atom stereocenters. The van der Waals surface area contributed by atoms with Gasteiger partial charge in [0, 0.05) is 10.6 Å². The SMILES string of the molecule is O=S(=O)(NCc1cc(-c2ccccc2)ncn1)c1cc(Cl)ccc1Cl. The highest BCUT2D eigenvalue weighted by molar-refractivity contribution is 7.89. The van der Waals surface area contributed by atoms with Crippen LogP contribution in [0.4, 0.5) is 0 Å². The molecule has 128 valence electrons. The van der Waals surface area contributed by atoms with Gasteiger partial charge in [-0.05, 0) is 24.3 Å². The Morgan fingerprint density at radius 2 is 1.72 bits per heavy atom. The lowest BCUT2D eigenvalue weighted by Gasteiger charge is -2.09. The third-order valence-corrected chi connectivity index (χ3v) is 5.54. The van der Waals surface area contributed by atoms with Crippen molar-refractivity contribution < 1.29 is 8.42 Å². The van der Waals surface area contributed by atoms with Gasteiger partial charge in [-0.1, -0.05) is 53.5 Å². The van der Waals surface area contributed by atoms with E-state index in [0.717, 1.165) is 5.56 Å². The van der Waals surface area contributed by atoms with Crippen LogP contribution in [-0.2, 0) is 16.6 Å². The molecular weight excluding hydrogens is 381 g/mol. The summed E-state index contributed by atoms with van der Waals surface area (Å²) in [5.41, 5.74) is 2.17. The van der Waals surface area contributed by atoms with Crippen molar-refractivity contribution in [2.45, 2.75) is 11.4 Å². The third kappa shape index (κ3) is 4.35. The van der Waals surface area contributed by atoms with E-state index in [0.29, 0.717) is 11.4 Å². The summed E-state index contributed by atoms with van der Waals surface area (Å²) in [7, 11) is -3.82. The van der Waals surface area contributed by atoms with Crippen LogP contribution in [0.15, 0.2) is 65.8 Å². The van der Waals surface area contributed by atoms with Crippen LogP contribution in [0.2, 0.25) is 10.0 Å². The maximum atomic E-state index is 12.4. The molecular formula is C17H13Cl2N3O2S.